The minimum atomic E-state index is -0.376. The molecule has 100 valence electrons. The van der Waals surface area contributed by atoms with Crippen molar-refractivity contribution in [3.05, 3.63) is 35.1 Å². The second kappa shape index (κ2) is 7.52. The molecule has 0 saturated carbocycles. The number of benzene rings is 1. The molecule has 0 heterocycles. The number of halogens is 2. The molecule has 1 aromatic rings. The summed E-state index contributed by atoms with van der Waals surface area (Å²) in [7, 11) is 0. The largest absolute Gasteiger partial charge is 0.352 e. The Morgan fingerprint density at radius 3 is 2.89 bits per heavy atom. The number of alkyl halides is 1. The summed E-state index contributed by atoms with van der Waals surface area (Å²) < 4.78 is 13.1. The second-order valence-electron chi connectivity index (χ2n) is 4.62. The summed E-state index contributed by atoms with van der Waals surface area (Å²) in [5.41, 5.74) is 1.21. The van der Waals surface area contributed by atoms with Crippen LogP contribution in [0.5, 0.6) is 0 Å². The molecule has 0 aromatic heterocycles. The minimum Gasteiger partial charge on any atom is -0.352 e. The molecule has 0 aliphatic rings. The Morgan fingerprint density at radius 2 is 2.22 bits per heavy atom. The smallest absolute Gasteiger partial charge is 0.251 e. The van der Waals surface area contributed by atoms with Gasteiger partial charge in [0.25, 0.3) is 5.91 Å². The van der Waals surface area contributed by atoms with Gasteiger partial charge >= 0.3 is 0 Å². The van der Waals surface area contributed by atoms with Gasteiger partial charge in [-0.2, -0.15) is 0 Å². The molecule has 0 fully saturated rings. The molecule has 1 aromatic carbocycles. The lowest BCUT2D eigenvalue weighted by Crippen LogP contribution is -2.25. The van der Waals surface area contributed by atoms with E-state index in [1.165, 1.54) is 12.1 Å². The molecule has 0 bridgehead atoms. The summed E-state index contributed by atoms with van der Waals surface area (Å²) in [4.78, 5) is 11.8. The average molecular weight is 316 g/mol. The Bertz CT molecular complexity index is 409. The van der Waals surface area contributed by atoms with Gasteiger partial charge in [-0.15, -0.1) is 0 Å². The van der Waals surface area contributed by atoms with Crippen LogP contribution in [0.2, 0.25) is 0 Å². The second-order valence-corrected chi connectivity index (χ2v) is 5.26. The SMILES string of the molecule is Cc1ccc(F)cc1C(=O)NCCCC(C)CBr. The van der Waals surface area contributed by atoms with Crippen molar-refractivity contribution >= 4 is 21.8 Å². The number of carbonyl (C=O) groups is 1. The van der Waals surface area contributed by atoms with Gasteiger partial charge < -0.3 is 5.32 Å². The molecular formula is C14H19BrFNO. The number of hydrogen-bond donors (Lipinski definition) is 1. The molecule has 1 amide bonds. The number of aryl methyl sites for hydroxylation is 1. The quantitative estimate of drug-likeness (QED) is 0.629. The summed E-state index contributed by atoms with van der Waals surface area (Å²) in [5.74, 6) is 0.0370. The molecule has 1 atom stereocenters. The highest BCUT2D eigenvalue weighted by molar-refractivity contribution is 9.09. The first kappa shape index (κ1) is 15.2. The third kappa shape index (κ3) is 4.77. The van der Waals surface area contributed by atoms with E-state index in [0.717, 1.165) is 23.7 Å². The van der Waals surface area contributed by atoms with E-state index in [9.17, 15) is 9.18 Å². The predicted octanol–water partition coefficient (Wildman–Crippen LogP) is 3.68. The van der Waals surface area contributed by atoms with Crippen molar-refractivity contribution in [2.45, 2.75) is 26.7 Å². The lowest BCUT2D eigenvalue weighted by Gasteiger charge is -2.09. The third-order valence-corrected chi connectivity index (χ3v) is 3.97. The topological polar surface area (TPSA) is 29.1 Å². The molecule has 0 spiro atoms. The summed E-state index contributed by atoms with van der Waals surface area (Å²) in [5, 5.41) is 3.80. The number of nitrogens with one attached hydrogen (secondary N) is 1. The van der Waals surface area contributed by atoms with Gasteiger partial charge in [-0.05, 0) is 43.4 Å². The first-order chi connectivity index (χ1) is 8.54. The maximum atomic E-state index is 13.1. The highest BCUT2D eigenvalue weighted by Crippen LogP contribution is 2.11. The van der Waals surface area contributed by atoms with E-state index in [1.54, 1.807) is 13.0 Å². The van der Waals surface area contributed by atoms with Gasteiger partial charge in [-0.3, -0.25) is 4.79 Å². The molecular weight excluding hydrogens is 297 g/mol. The van der Waals surface area contributed by atoms with E-state index < -0.39 is 0 Å². The number of amides is 1. The lowest BCUT2D eigenvalue weighted by atomic mass is 10.1. The molecule has 0 aliphatic heterocycles. The van der Waals surface area contributed by atoms with E-state index in [2.05, 4.69) is 28.2 Å². The zero-order valence-corrected chi connectivity index (χ0v) is 12.4. The van der Waals surface area contributed by atoms with Gasteiger partial charge in [0.15, 0.2) is 0 Å². The normalized spacial score (nSPS) is 12.2. The minimum absolute atomic E-state index is 0.196. The van der Waals surface area contributed by atoms with E-state index in [4.69, 9.17) is 0 Å². The van der Waals surface area contributed by atoms with Gasteiger partial charge in [-0.25, -0.2) is 4.39 Å². The molecule has 2 nitrogen and oxygen atoms in total. The van der Waals surface area contributed by atoms with Crippen LogP contribution in [-0.2, 0) is 0 Å². The maximum absolute atomic E-state index is 13.1. The van der Waals surface area contributed by atoms with Crippen molar-refractivity contribution in [1.82, 2.24) is 5.32 Å². The Kier molecular flexibility index (Phi) is 6.33. The van der Waals surface area contributed by atoms with Gasteiger partial charge in [0.1, 0.15) is 5.82 Å². The molecule has 0 aliphatic carbocycles. The van der Waals surface area contributed by atoms with E-state index in [-0.39, 0.29) is 11.7 Å². The van der Waals surface area contributed by atoms with Crippen LogP contribution in [0.4, 0.5) is 4.39 Å². The summed E-state index contributed by atoms with van der Waals surface area (Å²) >= 11 is 3.42. The van der Waals surface area contributed by atoms with Crippen LogP contribution in [0.15, 0.2) is 18.2 Å². The first-order valence-corrected chi connectivity index (χ1v) is 7.27. The van der Waals surface area contributed by atoms with Crippen LogP contribution in [0, 0.1) is 18.7 Å². The number of carbonyl (C=O) groups excluding carboxylic acids is 1. The van der Waals surface area contributed by atoms with Crippen molar-refractivity contribution in [2.75, 3.05) is 11.9 Å². The fourth-order valence-corrected chi connectivity index (χ4v) is 1.99. The summed E-state index contributed by atoms with van der Waals surface area (Å²) in [6.07, 6.45) is 2.00. The Balaban J connectivity index is 2.43. The Morgan fingerprint density at radius 1 is 1.50 bits per heavy atom. The van der Waals surface area contributed by atoms with Crippen molar-refractivity contribution in [2.24, 2.45) is 5.92 Å². The van der Waals surface area contributed by atoms with Crippen molar-refractivity contribution in [3.63, 3.8) is 0 Å². The number of hydrogen-bond acceptors (Lipinski definition) is 1. The van der Waals surface area contributed by atoms with Crippen LogP contribution >= 0.6 is 15.9 Å². The first-order valence-electron chi connectivity index (χ1n) is 6.15. The van der Waals surface area contributed by atoms with Gasteiger partial charge in [0.2, 0.25) is 0 Å². The standard InChI is InChI=1S/C14H19BrFNO/c1-10(9-15)4-3-7-17-14(18)13-8-12(16)6-5-11(13)2/h5-6,8,10H,3-4,7,9H2,1-2H3,(H,17,18). The Hall–Kier alpha value is -0.900. The average Bonchev–Trinajstić information content (AvgIpc) is 2.36. The maximum Gasteiger partial charge on any atom is 0.251 e. The molecule has 1 rings (SSSR count). The van der Waals surface area contributed by atoms with Crippen molar-refractivity contribution < 1.29 is 9.18 Å². The third-order valence-electron chi connectivity index (χ3n) is 2.87. The molecule has 1 N–H and O–H groups in total. The van der Waals surface area contributed by atoms with Crippen LogP contribution in [-0.4, -0.2) is 17.8 Å². The lowest BCUT2D eigenvalue weighted by molar-refractivity contribution is 0.0951. The van der Waals surface area contributed by atoms with Crippen LogP contribution < -0.4 is 5.32 Å². The van der Waals surface area contributed by atoms with E-state index in [1.807, 2.05) is 0 Å². The molecule has 0 radical (unpaired) electrons. The van der Waals surface area contributed by atoms with Gasteiger partial charge in [0.05, 0.1) is 0 Å². The van der Waals surface area contributed by atoms with E-state index in [0.29, 0.717) is 18.0 Å². The van der Waals surface area contributed by atoms with Crippen molar-refractivity contribution in [3.8, 4) is 0 Å². The van der Waals surface area contributed by atoms with Crippen LogP contribution in [0.1, 0.15) is 35.7 Å². The molecule has 1 unspecified atom stereocenters. The fraction of sp³-hybridized carbons (Fsp3) is 0.500. The highest BCUT2D eigenvalue weighted by atomic mass is 79.9. The van der Waals surface area contributed by atoms with E-state index >= 15 is 0 Å². The van der Waals surface area contributed by atoms with Crippen LogP contribution in [0.3, 0.4) is 0 Å². The number of rotatable bonds is 6. The molecule has 4 heteroatoms. The van der Waals surface area contributed by atoms with Gasteiger partial charge in [0, 0.05) is 17.4 Å². The highest BCUT2D eigenvalue weighted by Gasteiger charge is 2.09. The van der Waals surface area contributed by atoms with Crippen molar-refractivity contribution in [1.29, 1.82) is 0 Å². The Labute approximate surface area is 116 Å². The zero-order valence-electron chi connectivity index (χ0n) is 10.8. The van der Waals surface area contributed by atoms with Crippen LogP contribution in [0.25, 0.3) is 0 Å². The monoisotopic (exact) mass is 315 g/mol. The zero-order chi connectivity index (χ0) is 13.5. The summed E-state index contributed by atoms with van der Waals surface area (Å²) in [6, 6.07) is 4.27. The summed E-state index contributed by atoms with van der Waals surface area (Å²) in [6.45, 7) is 4.60. The van der Waals surface area contributed by atoms with Gasteiger partial charge in [-0.1, -0.05) is 28.9 Å². The molecule has 0 saturated heterocycles. The fourth-order valence-electron chi connectivity index (χ4n) is 1.66. The predicted molar refractivity (Wildman–Crippen MR) is 75.7 cm³/mol. The molecule has 18 heavy (non-hydrogen) atoms.